The second-order valence-electron chi connectivity index (χ2n) is 5.32. The topological polar surface area (TPSA) is 90.3 Å². The van der Waals surface area contributed by atoms with Gasteiger partial charge in [0.2, 0.25) is 0 Å². The number of aliphatic hydroxyl groups is 1. The van der Waals surface area contributed by atoms with Crippen LogP contribution in [-0.2, 0) is 9.53 Å². The van der Waals surface area contributed by atoms with E-state index in [2.05, 4.69) is 0 Å². The standard InChI is InChI=1S/C14H26N2O5/c1-3-16(12-10-21-9-11(12)13(18)19)14(20)15(2)7-5-4-6-8-17/h11-12,17H,3-10H2,1-2H3,(H,18,19). The van der Waals surface area contributed by atoms with Crippen LogP contribution in [0.15, 0.2) is 0 Å². The molecule has 7 heteroatoms. The summed E-state index contributed by atoms with van der Waals surface area (Å²) in [5.41, 5.74) is 0. The Morgan fingerprint density at radius 2 is 1.95 bits per heavy atom. The predicted molar refractivity (Wildman–Crippen MR) is 77.1 cm³/mol. The number of unbranched alkanes of at least 4 members (excludes halogenated alkanes) is 2. The van der Waals surface area contributed by atoms with E-state index in [0.717, 1.165) is 19.3 Å². The van der Waals surface area contributed by atoms with Crippen molar-refractivity contribution in [3.05, 3.63) is 0 Å². The molecule has 1 saturated heterocycles. The highest BCUT2D eigenvalue weighted by atomic mass is 16.5. The van der Waals surface area contributed by atoms with Crippen LogP contribution in [-0.4, -0.2) is 78.0 Å². The Kier molecular flexibility index (Phi) is 7.45. The van der Waals surface area contributed by atoms with Gasteiger partial charge in [0.25, 0.3) is 0 Å². The highest BCUT2D eigenvalue weighted by molar-refractivity contribution is 5.77. The maximum Gasteiger partial charge on any atom is 0.320 e. The third kappa shape index (κ3) is 4.86. The molecule has 2 atom stereocenters. The van der Waals surface area contributed by atoms with E-state index >= 15 is 0 Å². The Hall–Kier alpha value is -1.34. The Morgan fingerprint density at radius 3 is 2.52 bits per heavy atom. The van der Waals surface area contributed by atoms with E-state index in [4.69, 9.17) is 9.84 Å². The predicted octanol–water partition coefficient (Wildman–Crippen LogP) is 0.622. The molecule has 21 heavy (non-hydrogen) atoms. The number of aliphatic hydroxyl groups excluding tert-OH is 1. The summed E-state index contributed by atoms with van der Waals surface area (Å²) in [4.78, 5) is 26.9. The normalized spacial score (nSPS) is 21.3. The lowest BCUT2D eigenvalue weighted by atomic mass is 10.0. The molecule has 2 N–H and O–H groups in total. The summed E-state index contributed by atoms with van der Waals surface area (Å²) in [6.07, 6.45) is 2.42. The number of carboxylic acid groups (broad SMARTS) is 1. The molecule has 1 rings (SSSR count). The highest BCUT2D eigenvalue weighted by Gasteiger charge is 2.40. The van der Waals surface area contributed by atoms with E-state index in [-0.39, 0.29) is 25.9 Å². The lowest BCUT2D eigenvalue weighted by Gasteiger charge is -2.33. The van der Waals surface area contributed by atoms with Gasteiger partial charge in [-0.2, -0.15) is 0 Å². The third-order valence-electron chi connectivity index (χ3n) is 3.83. The highest BCUT2D eigenvalue weighted by Crippen LogP contribution is 2.21. The zero-order valence-electron chi connectivity index (χ0n) is 12.8. The molecule has 1 fully saturated rings. The number of carbonyl (C=O) groups is 2. The van der Waals surface area contributed by atoms with Gasteiger partial charge in [-0.3, -0.25) is 4.79 Å². The van der Waals surface area contributed by atoms with Crippen LogP contribution in [0, 0.1) is 5.92 Å². The Bertz CT molecular complexity index is 350. The number of carboxylic acids is 1. The molecule has 2 unspecified atom stereocenters. The second-order valence-corrected chi connectivity index (χ2v) is 5.32. The van der Waals surface area contributed by atoms with Crippen molar-refractivity contribution < 1.29 is 24.5 Å². The summed E-state index contributed by atoms with van der Waals surface area (Å²) in [7, 11) is 1.72. The molecule has 0 aromatic carbocycles. The molecule has 2 amide bonds. The fraction of sp³-hybridized carbons (Fsp3) is 0.857. The molecular weight excluding hydrogens is 276 g/mol. The molecule has 1 aliphatic heterocycles. The largest absolute Gasteiger partial charge is 0.481 e. The molecule has 7 nitrogen and oxygen atoms in total. The zero-order valence-corrected chi connectivity index (χ0v) is 12.8. The van der Waals surface area contributed by atoms with Gasteiger partial charge in [-0.15, -0.1) is 0 Å². The van der Waals surface area contributed by atoms with Gasteiger partial charge in [0.15, 0.2) is 0 Å². The fourth-order valence-electron chi connectivity index (χ4n) is 2.55. The summed E-state index contributed by atoms with van der Waals surface area (Å²) < 4.78 is 5.24. The van der Waals surface area contributed by atoms with Crippen LogP contribution >= 0.6 is 0 Å². The number of nitrogens with zero attached hydrogens (tertiary/aromatic N) is 2. The van der Waals surface area contributed by atoms with Crippen molar-refractivity contribution in [3.63, 3.8) is 0 Å². The summed E-state index contributed by atoms with van der Waals surface area (Å²) in [5.74, 6) is -1.58. The molecule has 0 saturated carbocycles. The minimum Gasteiger partial charge on any atom is -0.481 e. The number of hydrogen-bond donors (Lipinski definition) is 2. The molecule has 0 aromatic rings. The number of likely N-dealkylation sites (N-methyl/N-ethyl adjacent to an activating group) is 1. The van der Waals surface area contributed by atoms with Crippen molar-refractivity contribution in [2.75, 3.05) is 40.0 Å². The number of urea groups is 1. The minimum atomic E-state index is -0.922. The first-order valence-corrected chi connectivity index (χ1v) is 7.46. The average Bonchev–Trinajstić information content (AvgIpc) is 2.93. The molecule has 1 heterocycles. The quantitative estimate of drug-likeness (QED) is 0.642. The van der Waals surface area contributed by atoms with Crippen LogP contribution in [0.2, 0.25) is 0 Å². The van der Waals surface area contributed by atoms with E-state index in [1.54, 1.807) is 16.8 Å². The third-order valence-corrected chi connectivity index (χ3v) is 3.83. The number of rotatable bonds is 8. The fourth-order valence-corrected chi connectivity index (χ4v) is 2.55. The first kappa shape index (κ1) is 17.7. The first-order chi connectivity index (χ1) is 10.0. The van der Waals surface area contributed by atoms with Crippen molar-refractivity contribution in [2.24, 2.45) is 5.92 Å². The van der Waals surface area contributed by atoms with Gasteiger partial charge in [-0.05, 0) is 26.2 Å². The van der Waals surface area contributed by atoms with Crippen LogP contribution in [0.25, 0.3) is 0 Å². The second kappa shape index (κ2) is 8.84. The number of aliphatic carboxylic acids is 1. The number of carbonyl (C=O) groups excluding carboxylic acids is 1. The monoisotopic (exact) mass is 302 g/mol. The SMILES string of the molecule is CCN(C(=O)N(C)CCCCCO)C1COCC1C(=O)O. The molecule has 0 radical (unpaired) electrons. The van der Waals surface area contributed by atoms with E-state index in [0.29, 0.717) is 13.1 Å². The van der Waals surface area contributed by atoms with Crippen LogP contribution in [0.5, 0.6) is 0 Å². The summed E-state index contributed by atoms with van der Waals surface area (Å²) in [6.45, 7) is 3.49. The lowest BCUT2D eigenvalue weighted by molar-refractivity contribution is -0.142. The molecule has 0 aromatic heterocycles. The maximum absolute atomic E-state index is 12.4. The van der Waals surface area contributed by atoms with Crippen molar-refractivity contribution >= 4 is 12.0 Å². The van der Waals surface area contributed by atoms with Crippen molar-refractivity contribution in [3.8, 4) is 0 Å². The zero-order chi connectivity index (χ0) is 15.8. The van der Waals surface area contributed by atoms with Gasteiger partial charge in [0.1, 0.15) is 5.92 Å². The van der Waals surface area contributed by atoms with E-state index in [1.165, 1.54) is 0 Å². The molecule has 1 aliphatic rings. The Labute approximate surface area is 125 Å². The molecule has 0 bridgehead atoms. The number of ether oxygens (including phenoxy) is 1. The Morgan fingerprint density at radius 1 is 1.24 bits per heavy atom. The smallest absolute Gasteiger partial charge is 0.320 e. The van der Waals surface area contributed by atoms with E-state index < -0.39 is 17.9 Å². The van der Waals surface area contributed by atoms with Gasteiger partial charge >= 0.3 is 12.0 Å². The molecular formula is C14H26N2O5. The van der Waals surface area contributed by atoms with Crippen LogP contribution in [0.1, 0.15) is 26.2 Å². The maximum atomic E-state index is 12.4. The van der Waals surface area contributed by atoms with Gasteiger partial charge in [0, 0.05) is 26.7 Å². The number of amides is 2. The van der Waals surface area contributed by atoms with Gasteiger partial charge in [0.05, 0.1) is 19.3 Å². The minimum absolute atomic E-state index is 0.157. The van der Waals surface area contributed by atoms with Crippen molar-refractivity contribution in [1.82, 2.24) is 9.80 Å². The van der Waals surface area contributed by atoms with Gasteiger partial charge < -0.3 is 24.7 Å². The average molecular weight is 302 g/mol. The first-order valence-electron chi connectivity index (χ1n) is 7.46. The van der Waals surface area contributed by atoms with Gasteiger partial charge in [-0.25, -0.2) is 4.79 Å². The molecule has 0 aliphatic carbocycles. The summed E-state index contributed by atoms with van der Waals surface area (Å²) in [6, 6.07) is -0.567. The van der Waals surface area contributed by atoms with E-state index in [9.17, 15) is 14.7 Å². The van der Waals surface area contributed by atoms with Crippen molar-refractivity contribution in [2.45, 2.75) is 32.2 Å². The Balaban J connectivity index is 2.57. The number of hydrogen-bond acceptors (Lipinski definition) is 4. The van der Waals surface area contributed by atoms with Crippen molar-refractivity contribution in [1.29, 1.82) is 0 Å². The van der Waals surface area contributed by atoms with Crippen LogP contribution in [0.3, 0.4) is 0 Å². The lowest BCUT2D eigenvalue weighted by Crippen LogP contribution is -2.51. The van der Waals surface area contributed by atoms with Crippen LogP contribution < -0.4 is 0 Å². The van der Waals surface area contributed by atoms with E-state index in [1.807, 2.05) is 6.92 Å². The van der Waals surface area contributed by atoms with Crippen LogP contribution in [0.4, 0.5) is 4.79 Å². The summed E-state index contributed by atoms with van der Waals surface area (Å²) >= 11 is 0. The summed E-state index contributed by atoms with van der Waals surface area (Å²) in [5, 5.41) is 17.9. The molecule has 122 valence electrons. The molecule has 0 spiro atoms. The van der Waals surface area contributed by atoms with Gasteiger partial charge in [-0.1, -0.05) is 0 Å².